The van der Waals surface area contributed by atoms with Crippen molar-refractivity contribution in [2.75, 3.05) is 78.9 Å². The maximum atomic E-state index is 15.5. The monoisotopic (exact) mass is 842 g/mol. The van der Waals surface area contributed by atoms with E-state index in [0.717, 1.165) is 54.5 Å². The molecule has 2 aromatic heterocycles. The van der Waals surface area contributed by atoms with Gasteiger partial charge in [-0.1, -0.05) is 0 Å². The van der Waals surface area contributed by atoms with Gasteiger partial charge in [0.25, 0.3) is 11.8 Å². The minimum atomic E-state index is -1.11. The van der Waals surface area contributed by atoms with Crippen molar-refractivity contribution in [1.82, 2.24) is 35.0 Å². The molecule has 0 spiro atoms. The van der Waals surface area contributed by atoms with Crippen LogP contribution in [-0.2, 0) is 9.59 Å². The fraction of sp³-hybridized carbons (Fsp3) is 0.432. The van der Waals surface area contributed by atoms with E-state index in [-0.39, 0.29) is 47.8 Å². The molecule has 7 heterocycles. The number of imide groups is 2. The lowest BCUT2D eigenvalue weighted by Gasteiger charge is -2.45. The van der Waals surface area contributed by atoms with Crippen LogP contribution < -0.4 is 25.3 Å². The molecule has 2 N–H and O–H groups in total. The maximum absolute atomic E-state index is 15.5. The molecule has 5 aliphatic rings. The number of carbonyl (C=O) groups excluding carboxylic acids is 5. The number of rotatable bonds is 7. The molecule has 4 aromatic rings. The number of amides is 6. The first kappa shape index (κ1) is 40.7. The Morgan fingerprint density at radius 1 is 0.871 bits per heavy atom. The van der Waals surface area contributed by atoms with Crippen molar-refractivity contribution in [3.8, 4) is 6.07 Å². The number of nitrogens with one attached hydrogen (secondary N) is 2. The number of nitrogens with zero attached hydrogens (tertiary/aromatic N) is 10. The molecule has 62 heavy (non-hydrogen) atoms. The second-order valence-corrected chi connectivity index (χ2v) is 16.9. The van der Waals surface area contributed by atoms with Crippen LogP contribution >= 0.6 is 0 Å². The van der Waals surface area contributed by atoms with Crippen molar-refractivity contribution in [3.63, 3.8) is 0 Å². The largest absolute Gasteiger partial charge is 0.367 e. The lowest BCUT2D eigenvalue weighted by molar-refractivity contribution is -0.136. The molecule has 6 amide bonds. The molecular formula is C44H47FN12O5. The van der Waals surface area contributed by atoms with Gasteiger partial charge in [0.1, 0.15) is 17.9 Å². The predicted octanol–water partition coefficient (Wildman–Crippen LogP) is 3.61. The summed E-state index contributed by atoms with van der Waals surface area (Å²) in [6.45, 7) is 10.2. The van der Waals surface area contributed by atoms with Gasteiger partial charge in [-0.25, -0.2) is 19.2 Å². The van der Waals surface area contributed by atoms with Crippen LogP contribution in [0.5, 0.6) is 0 Å². The molecule has 17 nitrogen and oxygen atoms in total. The highest BCUT2D eigenvalue weighted by Gasteiger charge is 2.45. The molecule has 9 rings (SSSR count). The Hall–Kier alpha value is -6.74. The van der Waals surface area contributed by atoms with Gasteiger partial charge in [0.2, 0.25) is 17.8 Å². The number of carbonyl (C=O) groups is 5. The molecule has 18 heteroatoms. The minimum Gasteiger partial charge on any atom is -0.367 e. The van der Waals surface area contributed by atoms with E-state index in [0.29, 0.717) is 67.9 Å². The van der Waals surface area contributed by atoms with E-state index in [4.69, 9.17) is 0 Å². The van der Waals surface area contributed by atoms with Crippen LogP contribution in [0.3, 0.4) is 0 Å². The first-order chi connectivity index (χ1) is 30.0. The van der Waals surface area contributed by atoms with Crippen molar-refractivity contribution >= 4 is 63.6 Å². The molecule has 3 atom stereocenters. The normalized spacial score (nSPS) is 22.5. The molecule has 0 bridgehead atoms. The molecule has 320 valence electrons. The summed E-state index contributed by atoms with van der Waals surface area (Å²) in [6.07, 6.45) is 6.96. The number of piperidine rings is 2. The number of fused-ring (bicyclic) bond motifs is 2. The molecule has 4 saturated heterocycles. The quantitative estimate of drug-likeness (QED) is 0.257. The van der Waals surface area contributed by atoms with Crippen molar-refractivity contribution in [2.45, 2.75) is 57.7 Å². The minimum absolute atomic E-state index is 0.0122. The summed E-state index contributed by atoms with van der Waals surface area (Å²) in [4.78, 5) is 89.1. The number of pyridine rings is 1. The number of benzene rings is 2. The van der Waals surface area contributed by atoms with E-state index in [9.17, 15) is 29.2 Å². The smallest absolute Gasteiger partial charge is 0.322 e. The van der Waals surface area contributed by atoms with Gasteiger partial charge in [0.05, 0.1) is 46.0 Å². The van der Waals surface area contributed by atoms with Gasteiger partial charge in [0.15, 0.2) is 0 Å². The zero-order valence-corrected chi connectivity index (χ0v) is 34.6. The van der Waals surface area contributed by atoms with E-state index in [1.165, 1.54) is 6.07 Å². The Morgan fingerprint density at radius 2 is 1.60 bits per heavy atom. The number of hydrogen-bond acceptors (Lipinski definition) is 13. The van der Waals surface area contributed by atoms with Crippen LogP contribution in [0.1, 0.15) is 65.8 Å². The standard InChI is InChI=1S/C44H47FN12O5/c1-26-24-56(27(2)23-55(26)35-6-5-29(20-46)39-31(35)4-3-11-47-39)44(62)50-30-21-48-43(49-22-30)54-12-9-28(10-13-54)25-52-14-16-53(17-15-52)37-19-33-32(18-34(37)45)41(60)57(42(33)61)36-7-8-38(58)51-40(36)59/h3-6,11,18-19,21-22,26-28,36H,7-10,12-17,23-25H2,1-2H3,(H,50,62)(H,51,58,59)/t26-,27+,36?/m0/s1. The highest BCUT2D eigenvalue weighted by molar-refractivity contribution is 6.23. The summed E-state index contributed by atoms with van der Waals surface area (Å²) in [5.74, 6) is -2.05. The summed E-state index contributed by atoms with van der Waals surface area (Å²) < 4.78 is 15.5. The van der Waals surface area contributed by atoms with Crippen LogP contribution in [0.25, 0.3) is 10.9 Å². The van der Waals surface area contributed by atoms with E-state index < -0.39 is 35.5 Å². The van der Waals surface area contributed by atoms with Crippen molar-refractivity contribution in [1.29, 1.82) is 5.26 Å². The maximum Gasteiger partial charge on any atom is 0.322 e. The number of aromatic nitrogens is 3. The van der Waals surface area contributed by atoms with Crippen LogP contribution in [0.15, 0.2) is 55.0 Å². The SMILES string of the molecule is C[C@@H]1CN(c2ccc(C#N)c3ncccc23)[C@@H](C)CN1C(=O)Nc1cnc(N2CCC(CN3CCN(c4cc5c(cc4F)C(=O)N(C4CCC(=O)NC4=O)C5=O)CC3)CC2)nc1. The molecule has 0 radical (unpaired) electrons. The highest BCUT2D eigenvalue weighted by atomic mass is 19.1. The van der Waals surface area contributed by atoms with E-state index in [1.807, 2.05) is 41.0 Å². The summed E-state index contributed by atoms with van der Waals surface area (Å²) in [6, 6.07) is 11.0. The zero-order chi connectivity index (χ0) is 43.2. The second kappa shape index (κ2) is 16.6. The van der Waals surface area contributed by atoms with Gasteiger partial charge in [-0.3, -0.25) is 39.3 Å². The number of anilines is 4. The van der Waals surface area contributed by atoms with E-state index in [1.54, 1.807) is 18.6 Å². The second-order valence-electron chi connectivity index (χ2n) is 16.9. The molecule has 0 aliphatic carbocycles. The number of piperazine rings is 2. The van der Waals surface area contributed by atoms with Gasteiger partial charge in [0, 0.05) is 94.7 Å². The van der Waals surface area contributed by atoms with Crippen LogP contribution in [0.4, 0.5) is 32.2 Å². The van der Waals surface area contributed by atoms with Crippen molar-refractivity contribution < 1.29 is 28.4 Å². The summed E-state index contributed by atoms with van der Waals surface area (Å²) in [7, 11) is 0. The topological polar surface area (TPSA) is 191 Å². The summed E-state index contributed by atoms with van der Waals surface area (Å²) in [5, 5.41) is 15.7. The predicted molar refractivity (Wildman–Crippen MR) is 227 cm³/mol. The number of hydrogen-bond donors (Lipinski definition) is 2. The molecule has 4 fully saturated rings. The van der Waals surface area contributed by atoms with Crippen molar-refractivity contribution in [3.05, 3.63) is 77.5 Å². The fourth-order valence-corrected chi connectivity index (χ4v) is 9.56. The van der Waals surface area contributed by atoms with Crippen LogP contribution in [-0.4, -0.2) is 136 Å². The molecule has 1 unspecified atom stereocenters. The Labute approximate surface area is 357 Å². The van der Waals surface area contributed by atoms with Gasteiger partial charge < -0.3 is 24.9 Å². The average Bonchev–Trinajstić information content (AvgIpc) is 3.51. The van der Waals surface area contributed by atoms with Crippen LogP contribution in [0.2, 0.25) is 0 Å². The Bertz CT molecular complexity index is 2500. The Morgan fingerprint density at radius 3 is 2.31 bits per heavy atom. The first-order valence-electron chi connectivity index (χ1n) is 21.2. The molecule has 0 saturated carbocycles. The van der Waals surface area contributed by atoms with E-state index >= 15 is 4.39 Å². The average molecular weight is 843 g/mol. The number of nitriles is 1. The fourth-order valence-electron chi connectivity index (χ4n) is 9.56. The lowest BCUT2D eigenvalue weighted by atomic mass is 9.96. The van der Waals surface area contributed by atoms with Crippen LogP contribution in [0, 0.1) is 23.1 Å². The Balaban J connectivity index is 0.737. The number of halogens is 1. The lowest BCUT2D eigenvalue weighted by Crippen LogP contribution is -2.59. The third kappa shape index (κ3) is 7.61. The van der Waals surface area contributed by atoms with Crippen molar-refractivity contribution in [2.24, 2.45) is 5.92 Å². The third-order valence-corrected chi connectivity index (χ3v) is 12.9. The first-order valence-corrected chi connectivity index (χ1v) is 21.2. The van der Waals surface area contributed by atoms with Gasteiger partial charge in [-0.15, -0.1) is 0 Å². The highest BCUT2D eigenvalue weighted by Crippen LogP contribution is 2.35. The Kier molecular flexibility index (Phi) is 10.9. The molecule has 2 aromatic carbocycles. The zero-order valence-electron chi connectivity index (χ0n) is 34.6. The number of urea groups is 1. The van der Waals surface area contributed by atoms with Gasteiger partial charge in [-0.2, -0.15) is 5.26 Å². The van der Waals surface area contributed by atoms with Gasteiger partial charge in [-0.05, 0) is 75.4 Å². The molecule has 5 aliphatic heterocycles. The molecular weight excluding hydrogens is 796 g/mol. The van der Waals surface area contributed by atoms with E-state index in [2.05, 4.69) is 53.3 Å². The summed E-state index contributed by atoms with van der Waals surface area (Å²) in [5.41, 5.74) is 2.97. The third-order valence-electron chi connectivity index (χ3n) is 12.9. The summed E-state index contributed by atoms with van der Waals surface area (Å²) >= 11 is 0. The van der Waals surface area contributed by atoms with Gasteiger partial charge >= 0.3 is 6.03 Å².